The van der Waals surface area contributed by atoms with E-state index in [0.717, 1.165) is 18.2 Å². The summed E-state index contributed by atoms with van der Waals surface area (Å²) in [6.07, 6.45) is 2.43. The Labute approximate surface area is 126 Å². The highest BCUT2D eigenvalue weighted by atomic mass is 19.1. The monoisotopic (exact) mass is 293 g/mol. The molecule has 0 spiro atoms. The van der Waals surface area contributed by atoms with Gasteiger partial charge < -0.3 is 5.11 Å². The molecular formula is C17H24FNO2. The number of benzene rings is 1. The van der Waals surface area contributed by atoms with Crippen molar-refractivity contribution in [3.8, 4) is 0 Å². The molecule has 0 heterocycles. The molecule has 3 nitrogen and oxygen atoms in total. The molecule has 4 heteroatoms. The number of aliphatic carboxylic acids is 1. The van der Waals surface area contributed by atoms with Crippen molar-refractivity contribution in [3.05, 3.63) is 41.2 Å². The molecule has 0 radical (unpaired) electrons. The number of carboxylic acids is 1. The van der Waals surface area contributed by atoms with Gasteiger partial charge in [-0.3, -0.25) is 4.90 Å². The van der Waals surface area contributed by atoms with Gasteiger partial charge in [-0.15, -0.1) is 0 Å². The number of halogens is 1. The van der Waals surface area contributed by atoms with Crippen LogP contribution in [-0.4, -0.2) is 28.6 Å². The van der Waals surface area contributed by atoms with Gasteiger partial charge in [0.1, 0.15) is 5.82 Å². The summed E-state index contributed by atoms with van der Waals surface area (Å²) in [6.45, 7) is 10.1. The van der Waals surface area contributed by atoms with Crippen LogP contribution in [-0.2, 0) is 11.3 Å². The molecule has 0 aliphatic carbocycles. The second-order valence-electron chi connectivity index (χ2n) is 5.98. The number of rotatable bonds is 7. The summed E-state index contributed by atoms with van der Waals surface area (Å²) in [6, 6.07) is 5.05. The van der Waals surface area contributed by atoms with Crippen molar-refractivity contribution < 1.29 is 14.3 Å². The molecule has 0 unspecified atom stereocenters. The van der Waals surface area contributed by atoms with Crippen molar-refractivity contribution in [3.63, 3.8) is 0 Å². The van der Waals surface area contributed by atoms with Crippen LogP contribution in [0.4, 0.5) is 4.39 Å². The molecule has 0 aliphatic rings. The number of carboxylic acid groups (broad SMARTS) is 1. The van der Waals surface area contributed by atoms with Crippen molar-refractivity contribution in [2.75, 3.05) is 6.54 Å². The minimum absolute atomic E-state index is 0.342. The molecule has 1 rings (SSSR count). The standard InChI is InChI=1S/C17H24FNO2/c1-12(2)10-19(13(3)4)11-15-7-14(5-6-17(20)21)8-16(18)9-15/h5-9,12-13H,10-11H2,1-4H3,(H,20,21). The van der Waals surface area contributed by atoms with Crippen molar-refractivity contribution in [1.29, 1.82) is 0 Å². The van der Waals surface area contributed by atoms with Gasteiger partial charge in [0.25, 0.3) is 0 Å². The highest BCUT2D eigenvalue weighted by Crippen LogP contribution is 2.15. The highest BCUT2D eigenvalue weighted by molar-refractivity contribution is 5.85. The fourth-order valence-electron chi connectivity index (χ4n) is 2.19. The van der Waals surface area contributed by atoms with Crippen molar-refractivity contribution >= 4 is 12.0 Å². The van der Waals surface area contributed by atoms with Crippen LogP contribution in [0.2, 0.25) is 0 Å². The number of carbonyl (C=O) groups is 1. The lowest BCUT2D eigenvalue weighted by atomic mass is 10.1. The van der Waals surface area contributed by atoms with Gasteiger partial charge >= 0.3 is 5.97 Å². The summed E-state index contributed by atoms with van der Waals surface area (Å²) < 4.78 is 13.7. The molecule has 0 atom stereocenters. The van der Waals surface area contributed by atoms with E-state index in [0.29, 0.717) is 24.1 Å². The van der Waals surface area contributed by atoms with Gasteiger partial charge in [0, 0.05) is 25.2 Å². The van der Waals surface area contributed by atoms with Crippen LogP contribution in [0.3, 0.4) is 0 Å². The van der Waals surface area contributed by atoms with E-state index in [1.807, 2.05) is 6.07 Å². The Balaban J connectivity index is 2.93. The van der Waals surface area contributed by atoms with Crippen LogP contribution >= 0.6 is 0 Å². The zero-order chi connectivity index (χ0) is 16.0. The van der Waals surface area contributed by atoms with Crippen LogP contribution in [0, 0.1) is 11.7 Å². The van der Waals surface area contributed by atoms with Gasteiger partial charge in [-0.05, 0) is 49.1 Å². The minimum atomic E-state index is -1.04. The average molecular weight is 293 g/mol. The molecule has 21 heavy (non-hydrogen) atoms. The lowest BCUT2D eigenvalue weighted by Gasteiger charge is -2.28. The maximum absolute atomic E-state index is 13.7. The fourth-order valence-corrected chi connectivity index (χ4v) is 2.19. The zero-order valence-electron chi connectivity index (χ0n) is 13.1. The van der Waals surface area contributed by atoms with E-state index in [-0.39, 0.29) is 5.82 Å². The third-order valence-corrected chi connectivity index (χ3v) is 3.11. The molecule has 1 aromatic carbocycles. The first-order chi connectivity index (χ1) is 9.77. The molecule has 1 N–H and O–H groups in total. The van der Waals surface area contributed by atoms with Crippen LogP contribution < -0.4 is 0 Å². The van der Waals surface area contributed by atoms with Crippen molar-refractivity contribution in [2.45, 2.75) is 40.3 Å². The minimum Gasteiger partial charge on any atom is -0.478 e. The molecule has 116 valence electrons. The fraction of sp³-hybridized carbons (Fsp3) is 0.471. The molecule has 0 aromatic heterocycles. The zero-order valence-corrected chi connectivity index (χ0v) is 13.1. The van der Waals surface area contributed by atoms with Crippen LogP contribution in [0.15, 0.2) is 24.3 Å². The van der Waals surface area contributed by atoms with Crippen molar-refractivity contribution in [1.82, 2.24) is 4.90 Å². The Morgan fingerprint density at radius 3 is 2.48 bits per heavy atom. The Bertz CT molecular complexity index is 510. The van der Waals surface area contributed by atoms with Gasteiger partial charge in [-0.2, -0.15) is 0 Å². The Morgan fingerprint density at radius 2 is 1.95 bits per heavy atom. The molecule has 0 saturated heterocycles. The average Bonchev–Trinajstić information content (AvgIpc) is 2.34. The molecule has 0 fully saturated rings. The van der Waals surface area contributed by atoms with Gasteiger partial charge in [0.15, 0.2) is 0 Å². The summed E-state index contributed by atoms with van der Waals surface area (Å²) in [4.78, 5) is 12.8. The predicted molar refractivity (Wildman–Crippen MR) is 83.5 cm³/mol. The third kappa shape index (κ3) is 6.54. The van der Waals surface area contributed by atoms with Gasteiger partial charge in [0.2, 0.25) is 0 Å². The number of hydrogen-bond acceptors (Lipinski definition) is 2. The summed E-state index contributed by atoms with van der Waals surface area (Å²) in [7, 11) is 0. The highest BCUT2D eigenvalue weighted by Gasteiger charge is 2.12. The summed E-state index contributed by atoms with van der Waals surface area (Å²) >= 11 is 0. The first-order valence-electron chi connectivity index (χ1n) is 7.22. The summed E-state index contributed by atoms with van der Waals surface area (Å²) in [5, 5.41) is 8.64. The molecule has 0 saturated carbocycles. The Morgan fingerprint density at radius 1 is 1.29 bits per heavy atom. The predicted octanol–water partition coefficient (Wildman–Crippen LogP) is 3.79. The lowest BCUT2D eigenvalue weighted by molar-refractivity contribution is -0.131. The van der Waals surface area contributed by atoms with E-state index < -0.39 is 5.97 Å². The molecule has 0 bridgehead atoms. The normalized spacial score (nSPS) is 12.0. The van der Waals surface area contributed by atoms with Crippen LogP contribution in [0.5, 0.6) is 0 Å². The number of hydrogen-bond donors (Lipinski definition) is 1. The summed E-state index contributed by atoms with van der Waals surface area (Å²) in [5.74, 6) is -0.845. The summed E-state index contributed by atoms with van der Waals surface area (Å²) in [5.41, 5.74) is 1.43. The van der Waals surface area contributed by atoms with E-state index in [9.17, 15) is 9.18 Å². The number of nitrogens with zero attached hydrogens (tertiary/aromatic N) is 1. The first kappa shape index (κ1) is 17.4. The molecule has 1 aromatic rings. The van der Waals surface area contributed by atoms with Crippen molar-refractivity contribution in [2.24, 2.45) is 5.92 Å². The lowest BCUT2D eigenvalue weighted by Crippen LogP contribution is -2.33. The second-order valence-corrected chi connectivity index (χ2v) is 5.98. The first-order valence-corrected chi connectivity index (χ1v) is 7.22. The van der Waals surface area contributed by atoms with Gasteiger partial charge in [-0.1, -0.05) is 19.9 Å². The van der Waals surface area contributed by atoms with E-state index in [1.54, 1.807) is 0 Å². The van der Waals surface area contributed by atoms with Gasteiger partial charge in [-0.25, -0.2) is 9.18 Å². The maximum atomic E-state index is 13.7. The largest absolute Gasteiger partial charge is 0.478 e. The Kier molecular flexibility index (Phi) is 6.56. The van der Waals surface area contributed by atoms with Crippen LogP contribution in [0.25, 0.3) is 6.08 Å². The molecule has 0 aliphatic heterocycles. The van der Waals surface area contributed by atoms with E-state index >= 15 is 0 Å². The van der Waals surface area contributed by atoms with Gasteiger partial charge in [0.05, 0.1) is 0 Å². The van der Waals surface area contributed by atoms with E-state index in [4.69, 9.17) is 5.11 Å². The second kappa shape index (κ2) is 7.93. The quantitative estimate of drug-likeness (QED) is 0.778. The topological polar surface area (TPSA) is 40.5 Å². The molecular weight excluding hydrogens is 269 g/mol. The SMILES string of the molecule is CC(C)CN(Cc1cc(F)cc(C=CC(=O)O)c1)C(C)C. The Hall–Kier alpha value is -1.68. The smallest absolute Gasteiger partial charge is 0.328 e. The third-order valence-electron chi connectivity index (χ3n) is 3.11. The van der Waals surface area contributed by atoms with E-state index in [1.165, 1.54) is 18.2 Å². The van der Waals surface area contributed by atoms with Crippen LogP contribution in [0.1, 0.15) is 38.8 Å². The molecule has 0 amide bonds. The maximum Gasteiger partial charge on any atom is 0.328 e. The van der Waals surface area contributed by atoms with E-state index in [2.05, 4.69) is 32.6 Å².